The van der Waals surface area contributed by atoms with Gasteiger partial charge in [-0.1, -0.05) is 12.1 Å². The molecule has 0 aliphatic heterocycles. The normalized spacial score (nSPS) is 10.1. The zero-order valence-electron chi connectivity index (χ0n) is 12.6. The minimum Gasteiger partial charge on any atom is -0.490 e. The number of ether oxygens (including phenoxy) is 2. The Labute approximate surface area is 128 Å². The number of rotatable bonds is 6. The van der Waals surface area contributed by atoms with Crippen LogP contribution in [-0.4, -0.2) is 19.1 Å². The number of nitrogens with one attached hydrogen (secondary N) is 1. The fourth-order valence-corrected chi connectivity index (χ4v) is 1.95. The molecule has 0 spiro atoms. The SMILES string of the molecule is CCOc1ccc(C(=O)Nc2ccccc2F)cc1OCC. The number of halogens is 1. The van der Waals surface area contributed by atoms with Crippen molar-refractivity contribution < 1.29 is 18.7 Å². The van der Waals surface area contributed by atoms with Gasteiger partial charge in [0, 0.05) is 5.56 Å². The molecule has 0 unspecified atom stereocenters. The van der Waals surface area contributed by atoms with E-state index in [4.69, 9.17) is 9.47 Å². The zero-order chi connectivity index (χ0) is 15.9. The number of hydrogen-bond acceptors (Lipinski definition) is 3. The van der Waals surface area contributed by atoms with Gasteiger partial charge in [0.2, 0.25) is 0 Å². The van der Waals surface area contributed by atoms with E-state index in [1.807, 2.05) is 13.8 Å². The Kier molecular flexibility index (Phi) is 5.36. The smallest absolute Gasteiger partial charge is 0.255 e. The van der Waals surface area contributed by atoms with Crippen molar-refractivity contribution in [2.75, 3.05) is 18.5 Å². The second kappa shape index (κ2) is 7.45. The third-order valence-corrected chi connectivity index (χ3v) is 2.93. The van der Waals surface area contributed by atoms with E-state index in [2.05, 4.69) is 5.32 Å². The Bertz CT molecular complexity index is 658. The number of benzene rings is 2. The molecule has 0 radical (unpaired) electrons. The Morgan fingerprint density at radius 3 is 2.41 bits per heavy atom. The average molecular weight is 303 g/mol. The standard InChI is InChI=1S/C17H18FNO3/c1-3-21-15-10-9-12(11-16(15)22-4-2)17(20)19-14-8-6-5-7-13(14)18/h5-11H,3-4H2,1-2H3,(H,19,20). The monoisotopic (exact) mass is 303 g/mol. The van der Waals surface area contributed by atoms with Crippen LogP contribution in [0.25, 0.3) is 0 Å². The molecule has 2 aromatic rings. The van der Waals surface area contributed by atoms with Crippen LogP contribution in [0.5, 0.6) is 11.5 Å². The van der Waals surface area contributed by atoms with Crippen LogP contribution in [0, 0.1) is 5.82 Å². The Morgan fingerprint density at radius 1 is 1.05 bits per heavy atom. The van der Waals surface area contributed by atoms with Crippen LogP contribution in [0.4, 0.5) is 10.1 Å². The van der Waals surface area contributed by atoms with E-state index in [9.17, 15) is 9.18 Å². The fourth-order valence-electron chi connectivity index (χ4n) is 1.95. The molecule has 0 heterocycles. The van der Waals surface area contributed by atoms with Crippen molar-refractivity contribution >= 4 is 11.6 Å². The molecule has 0 saturated heterocycles. The summed E-state index contributed by atoms with van der Waals surface area (Å²) in [6.07, 6.45) is 0. The molecule has 2 aromatic carbocycles. The van der Waals surface area contributed by atoms with Gasteiger partial charge in [0.15, 0.2) is 11.5 Å². The summed E-state index contributed by atoms with van der Waals surface area (Å²) in [6.45, 7) is 4.68. The van der Waals surface area contributed by atoms with Gasteiger partial charge in [0.1, 0.15) is 5.82 Å². The summed E-state index contributed by atoms with van der Waals surface area (Å²) in [5.41, 5.74) is 0.509. The Hall–Kier alpha value is -2.56. The molecule has 0 fully saturated rings. The minimum atomic E-state index is -0.480. The van der Waals surface area contributed by atoms with Crippen molar-refractivity contribution in [3.8, 4) is 11.5 Å². The number of carbonyl (C=O) groups is 1. The number of para-hydroxylation sites is 1. The molecule has 0 saturated carbocycles. The maximum Gasteiger partial charge on any atom is 0.255 e. The predicted molar refractivity (Wildman–Crippen MR) is 83.1 cm³/mol. The summed E-state index contributed by atoms with van der Waals surface area (Å²) in [6, 6.07) is 10.9. The van der Waals surface area contributed by atoms with E-state index in [0.29, 0.717) is 30.3 Å². The van der Waals surface area contributed by atoms with Gasteiger partial charge in [-0.3, -0.25) is 4.79 Å². The van der Waals surface area contributed by atoms with Gasteiger partial charge in [-0.05, 0) is 44.2 Å². The third-order valence-electron chi connectivity index (χ3n) is 2.93. The molecule has 0 aliphatic carbocycles. The molecule has 2 rings (SSSR count). The van der Waals surface area contributed by atoms with Crippen LogP contribution in [0.2, 0.25) is 0 Å². The summed E-state index contributed by atoms with van der Waals surface area (Å²) in [5.74, 6) is 0.179. The van der Waals surface area contributed by atoms with E-state index < -0.39 is 11.7 Å². The first-order valence-electron chi connectivity index (χ1n) is 7.11. The van der Waals surface area contributed by atoms with Crippen molar-refractivity contribution in [2.24, 2.45) is 0 Å². The summed E-state index contributed by atoms with van der Waals surface area (Å²) in [5, 5.41) is 2.54. The van der Waals surface area contributed by atoms with Crippen LogP contribution in [-0.2, 0) is 0 Å². The van der Waals surface area contributed by atoms with Crippen LogP contribution < -0.4 is 14.8 Å². The highest BCUT2D eigenvalue weighted by molar-refractivity contribution is 6.04. The molecule has 5 heteroatoms. The van der Waals surface area contributed by atoms with Crippen molar-refractivity contribution in [2.45, 2.75) is 13.8 Å². The quantitative estimate of drug-likeness (QED) is 0.881. The van der Waals surface area contributed by atoms with Crippen molar-refractivity contribution in [3.05, 3.63) is 53.8 Å². The molecule has 0 aliphatic rings. The molecular formula is C17H18FNO3. The number of amides is 1. The van der Waals surface area contributed by atoms with E-state index >= 15 is 0 Å². The zero-order valence-corrected chi connectivity index (χ0v) is 12.6. The van der Waals surface area contributed by atoms with Crippen LogP contribution in [0.1, 0.15) is 24.2 Å². The Morgan fingerprint density at radius 2 is 1.73 bits per heavy atom. The first-order chi connectivity index (χ1) is 10.7. The average Bonchev–Trinajstić information content (AvgIpc) is 2.51. The van der Waals surface area contributed by atoms with Gasteiger partial charge in [0.05, 0.1) is 18.9 Å². The lowest BCUT2D eigenvalue weighted by atomic mass is 10.1. The number of hydrogen-bond donors (Lipinski definition) is 1. The van der Waals surface area contributed by atoms with Gasteiger partial charge in [-0.25, -0.2) is 4.39 Å². The highest BCUT2D eigenvalue weighted by Gasteiger charge is 2.13. The predicted octanol–water partition coefficient (Wildman–Crippen LogP) is 3.88. The van der Waals surface area contributed by atoms with Gasteiger partial charge in [-0.15, -0.1) is 0 Å². The molecule has 4 nitrogen and oxygen atoms in total. The summed E-state index contributed by atoms with van der Waals surface area (Å²) >= 11 is 0. The van der Waals surface area contributed by atoms with Gasteiger partial charge < -0.3 is 14.8 Å². The highest BCUT2D eigenvalue weighted by Crippen LogP contribution is 2.29. The van der Waals surface area contributed by atoms with Gasteiger partial charge in [-0.2, -0.15) is 0 Å². The largest absolute Gasteiger partial charge is 0.490 e. The van der Waals surface area contributed by atoms with Crippen LogP contribution in [0.3, 0.4) is 0 Å². The lowest BCUT2D eigenvalue weighted by Crippen LogP contribution is -2.13. The first kappa shape index (κ1) is 15.8. The van der Waals surface area contributed by atoms with Crippen molar-refractivity contribution in [1.29, 1.82) is 0 Å². The molecule has 22 heavy (non-hydrogen) atoms. The lowest BCUT2D eigenvalue weighted by Gasteiger charge is -2.12. The highest BCUT2D eigenvalue weighted by atomic mass is 19.1. The van der Waals surface area contributed by atoms with Crippen LogP contribution >= 0.6 is 0 Å². The lowest BCUT2D eigenvalue weighted by molar-refractivity contribution is 0.102. The van der Waals surface area contributed by atoms with Crippen molar-refractivity contribution in [3.63, 3.8) is 0 Å². The molecule has 1 amide bonds. The topological polar surface area (TPSA) is 47.6 Å². The van der Waals surface area contributed by atoms with Gasteiger partial charge in [0.25, 0.3) is 5.91 Å². The van der Waals surface area contributed by atoms with Crippen molar-refractivity contribution in [1.82, 2.24) is 0 Å². The minimum absolute atomic E-state index is 0.138. The maximum atomic E-state index is 13.6. The first-order valence-corrected chi connectivity index (χ1v) is 7.11. The van der Waals surface area contributed by atoms with Gasteiger partial charge >= 0.3 is 0 Å². The van der Waals surface area contributed by atoms with E-state index in [-0.39, 0.29) is 5.69 Å². The summed E-state index contributed by atoms with van der Waals surface area (Å²) < 4.78 is 24.5. The summed E-state index contributed by atoms with van der Waals surface area (Å²) in [4.78, 5) is 12.2. The molecule has 0 atom stereocenters. The Balaban J connectivity index is 2.22. The third kappa shape index (κ3) is 3.75. The second-order valence-corrected chi connectivity index (χ2v) is 4.46. The molecule has 1 N–H and O–H groups in total. The fraction of sp³-hybridized carbons (Fsp3) is 0.235. The van der Waals surface area contributed by atoms with Crippen LogP contribution in [0.15, 0.2) is 42.5 Å². The maximum absolute atomic E-state index is 13.6. The molecule has 116 valence electrons. The number of carbonyl (C=O) groups excluding carboxylic acids is 1. The molecule has 0 bridgehead atoms. The van der Waals surface area contributed by atoms with E-state index in [0.717, 1.165) is 0 Å². The van der Waals surface area contributed by atoms with E-state index in [1.165, 1.54) is 12.1 Å². The summed E-state index contributed by atoms with van der Waals surface area (Å²) in [7, 11) is 0. The molecular weight excluding hydrogens is 285 g/mol. The second-order valence-electron chi connectivity index (χ2n) is 4.46. The molecule has 0 aromatic heterocycles. The number of anilines is 1. The van der Waals surface area contributed by atoms with E-state index in [1.54, 1.807) is 30.3 Å².